The average molecular weight is 242 g/mol. The second-order valence-corrected chi connectivity index (χ2v) is 4.49. The van der Waals surface area contributed by atoms with Gasteiger partial charge in [0.15, 0.2) is 0 Å². The molecule has 1 unspecified atom stereocenters. The molecular weight excluding hydrogens is 216 g/mol. The predicted octanol–water partition coefficient (Wildman–Crippen LogP) is 1.94. The average Bonchev–Trinajstić information content (AvgIpc) is 2.28. The van der Waals surface area contributed by atoms with Crippen LogP contribution in [0.2, 0.25) is 0 Å². The van der Waals surface area contributed by atoms with Crippen LogP contribution >= 0.6 is 0 Å². The second kappa shape index (κ2) is 9.02. The Morgan fingerprint density at radius 1 is 1.24 bits per heavy atom. The lowest BCUT2D eigenvalue weighted by molar-refractivity contribution is -0.129. The fourth-order valence-corrected chi connectivity index (χ4v) is 1.46. The van der Waals surface area contributed by atoms with Crippen molar-refractivity contribution in [2.75, 3.05) is 13.1 Å². The standard InChI is InChI=1S/C13H26N2O2/c1-5-7-9-15(12(4)16)10-8-13(17)14-11(3)6-2/h11H,5-10H2,1-4H3,(H,14,17). The molecule has 0 fully saturated rings. The number of rotatable bonds is 8. The fraction of sp³-hybridized carbons (Fsp3) is 0.846. The van der Waals surface area contributed by atoms with Crippen molar-refractivity contribution in [3.8, 4) is 0 Å². The first-order chi connectivity index (χ1) is 8.01. The number of hydrogen-bond acceptors (Lipinski definition) is 2. The van der Waals surface area contributed by atoms with Gasteiger partial charge in [0.05, 0.1) is 0 Å². The number of carbonyl (C=O) groups is 2. The molecule has 100 valence electrons. The van der Waals surface area contributed by atoms with Gasteiger partial charge in [0.25, 0.3) is 0 Å². The summed E-state index contributed by atoms with van der Waals surface area (Å²) in [5.41, 5.74) is 0. The quantitative estimate of drug-likeness (QED) is 0.707. The Balaban J connectivity index is 3.95. The van der Waals surface area contributed by atoms with Crippen LogP contribution in [0.1, 0.15) is 53.4 Å². The number of amides is 2. The highest BCUT2D eigenvalue weighted by Crippen LogP contribution is 1.98. The van der Waals surface area contributed by atoms with Gasteiger partial charge in [-0.1, -0.05) is 20.3 Å². The molecule has 17 heavy (non-hydrogen) atoms. The Morgan fingerprint density at radius 2 is 1.88 bits per heavy atom. The van der Waals surface area contributed by atoms with Crippen LogP contribution in [-0.2, 0) is 9.59 Å². The van der Waals surface area contributed by atoms with Crippen LogP contribution in [0.15, 0.2) is 0 Å². The highest BCUT2D eigenvalue weighted by molar-refractivity contribution is 5.78. The molecule has 1 atom stereocenters. The van der Waals surface area contributed by atoms with E-state index in [9.17, 15) is 9.59 Å². The number of nitrogens with zero attached hydrogens (tertiary/aromatic N) is 1. The van der Waals surface area contributed by atoms with E-state index in [4.69, 9.17) is 0 Å². The SMILES string of the molecule is CCCCN(CCC(=O)NC(C)CC)C(C)=O. The van der Waals surface area contributed by atoms with Crippen LogP contribution < -0.4 is 5.32 Å². The van der Waals surface area contributed by atoms with E-state index in [-0.39, 0.29) is 17.9 Å². The molecule has 0 rings (SSSR count). The normalized spacial score (nSPS) is 12.0. The van der Waals surface area contributed by atoms with Crippen LogP contribution in [0.3, 0.4) is 0 Å². The van der Waals surface area contributed by atoms with Crippen LogP contribution in [0.5, 0.6) is 0 Å². The van der Waals surface area contributed by atoms with Crippen molar-refractivity contribution in [2.24, 2.45) is 0 Å². The van der Waals surface area contributed by atoms with Gasteiger partial charge in [-0.05, 0) is 19.8 Å². The van der Waals surface area contributed by atoms with Gasteiger partial charge in [-0.3, -0.25) is 9.59 Å². The minimum Gasteiger partial charge on any atom is -0.354 e. The van der Waals surface area contributed by atoms with Gasteiger partial charge in [-0.2, -0.15) is 0 Å². The maximum atomic E-state index is 11.6. The Hall–Kier alpha value is -1.06. The molecule has 0 aliphatic heterocycles. The summed E-state index contributed by atoms with van der Waals surface area (Å²) in [7, 11) is 0. The minimum atomic E-state index is 0.0297. The first-order valence-electron chi connectivity index (χ1n) is 6.56. The third-order valence-electron chi connectivity index (χ3n) is 2.86. The van der Waals surface area contributed by atoms with E-state index in [1.54, 1.807) is 11.8 Å². The monoisotopic (exact) mass is 242 g/mol. The first kappa shape index (κ1) is 15.9. The summed E-state index contributed by atoms with van der Waals surface area (Å²) in [6.07, 6.45) is 3.38. The number of nitrogens with one attached hydrogen (secondary N) is 1. The summed E-state index contributed by atoms with van der Waals surface area (Å²) >= 11 is 0. The van der Waals surface area contributed by atoms with Crippen LogP contribution in [0, 0.1) is 0 Å². The Labute approximate surface area is 105 Å². The maximum absolute atomic E-state index is 11.6. The Bertz CT molecular complexity index is 242. The van der Waals surface area contributed by atoms with E-state index in [1.165, 1.54) is 0 Å². The number of hydrogen-bond donors (Lipinski definition) is 1. The molecule has 4 nitrogen and oxygen atoms in total. The highest BCUT2D eigenvalue weighted by Gasteiger charge is 2.11. The summed E-state index contributed by atoms with van der Waals surface area (Å²) < 4.78 is 0. The smallest absolute Gasteiger partial charge is 0.221 e. The molecule has 2 amide bonds. The van der Waals surface area contributed by atoms with E-state index in [2.05, 4.69) is 12.2 Å². The zero-order valence-electron chi connectivity index (χ0n) is 11.6. The van der Waals surface area contributed by atoms with Crippen molar-refractivity contribution >= 4 is 11.8 Å². The topological polar surface area (TPSA) is 49.4 Å². The number of unbranched alkanes of at least 4 members (excludes halogenated alkanes) is 1. The number of carbonyl (C=O) groups excluding carboxylic acids is 2. The van der Waals surface area contributed by atoms with Crippen molar-refractivity contribution in [2.45, 2.75) is 59.4 Å². The van der Waals surface area contributed by atoms with Gasteiger partial charge in [-0.25, -0.2) is 0 Å². The van der Waals surface area contributed by atoms with Gasteiger partial charge in [0.1, 0.15) is 0 Å². The van der Waals surface area contributed by atoms with Gasteiger partial charge in [-0.15, -0.1) is 0 Å². The van der Waals surface area contributed by atoms with Crippen LogP contribution in [0.25, 0.3) is 0 Å². The molecular formula is C13H26N2O2. The molecule has 1 N–H and O–H groups in total. The van der Waals surface area contributed by atoms with Crippen LogP contribution in [-0.4, -0.2) is 35.8 Å². The zero-order chi connectivity index (χ0) is 13.3. The Kier molecular flexibility index (Phi) is 8.46. The molecule has 4 heteroatoms. The lowest BCUT2D eigenvalue weighted by atomic mass is 10.2. The molecule has 0 aliphatic carbocycles. The third-order valence-corrected chi connectivity index (χ3v) is 2.86. The summed E-state index contributed by atoms with van der Waals surface area (Å²) in [5.74, 6) is 0.0805. The Morgan fingerprint density at radius 3 is 2.35 bits per heavy atom. The fourth-order valence-electron chi connectivity index (χ4n) is 1.46. The molecule has 0 aromatic rings. The van der Waals surface area contributed by atoms with Crippen LogP contribution in [0.4, 0.5) is 0 Å². The summed E-state index contributed by atoms with van der Waals surface area (Å²) in [4.78, 5) is 24.6. The molecule has 0 saturated heterocycles. The van der Waals surface area contributed by atoms with Crippen molar-refractivity contribution in [1.82, 2.24) is 10.2 Å². The van der Waals surface area contributed by atoms with Crippen molar-refractivity contribution in [3.05, 3.63) is 0 Å². The van der Waals surface area contributed by atoms with E-state index in [1.807, 2.05) is 13.8 Å². The molecule has 0 bridgehead atoms. The molecule has 0 aromatic carbocycles. The van der Waals surface area contributed by atoms with E-state index >= 15 is 0 Å². The summed E-state index contributed by atoms with van der Waals surface area (Å²) in [6.45, 7) is 8.95. The van der Waals surface area contributed by atoms with Gasteiger partial charge in [0, 0.05) is 32.5 Å². The lowest BCUT2D eigenvalue weighted by Crippen LogP contribution is -2.37. The predicted molar refractivity (Wildman–Crippen MR) is 69.7 cm³/mol. The molecule has 0 radical (unpaired) electrons. The van der Waals surface area contributed by atoms with Gasteiger partial charge < -0.3 is 10.2 Å². The minimum absolute atomic E-state index is 0.0297. The summed E-state index contributed by atoms with van der Waals surface area (Å²) in [5, 5.41) is 2.90. The first-order valence-corrected chi connectivity index (χ1v) is 6.56. The molecule has 0 spiro atoms. The second-order valence-electron chi connectivity index (χ2n) is 4.49. The largest absolute Gasteiger partial charge is 0.354 e. The molecule has 0 saturated carbocycles. The van der Waals surface area contributed by atoms with Crippen molar-refractivity contribution in [1.29, 1.82) is 0 Å². The van der Waals surface area contributed by atoms with Crippen molar-refractivity contribution < 1.29 is 9.59 Å². The maximum Gasteiger partial charge on any atom is 0.221 e. The summed E-state index contributed by atoms with van der Waals surface area (Å²) in [6, 6.07) is 0.212. The van der Waals surface area contributed by atoms with Gasteiger partial charge in [0.2, 0.25) is 11.8 Å². The van der Waals surface area contributed by atoms with E-state index in [0.717, 1.165) is 25.8 Å². The van der Waals surface area contributed by atoms with E-state index in [0.29, 0.717) is 13.0 Å². The third kappa shape index (κ3) is 7.77. The van der Waals surface area contributed by atoms with Gasteiger partial charge >= 0.3 is 0 Å². The molecule has 0 heterocycles. The zero-order valence-corrected chi connectivity index (χ0v) is 11.6. The molecule has 0 aromatic heterocycles. The highest BCUT2D eigenvalue weighted by atomic mass is 16.2. The lowest BCUT2D eigenvalue weighted by Gasteiger charge is -2.21. The van der Waals surface area contributed by atoms with E-state index < -0.39 is 0 Å². The molecule has 0 aliphatic rings. The van der Waals surface area contributed by atoms with Crippen molar-refractivity contribution in [3.63, 3.8) is 0 Å².